The number of rotatable bonds is 3. The van der Waals surface area contributed by atoms with E-state index in [2.05, 4.69) is 0 Å². The molecular formula is C10H17F3N2O. The molecular weight excluding hydrogens is 221 g/mol. The highest BCUT2D eigenvalue weighted by molar-refractivity contribution is 5.77. The third-order valence-corrected chi connectivity index (χ3v) is 3.16. The molecule has 1 amide bonds. The van der Waals surface area contributed by atoms with Crippen molar-refractivity contribution in [2.24, 2.45) is 11.7 Å². The summed E-state index contributed by atoms with van der Waals surface area (Å²) in [5, 5.41) is 0. The van der Waals surface area contributed by atoms with E-state index in [-0.39, 0.29) is 12.0 Å². The van der Waals surface area contributed by atoms with Gasteiger partial charge in [0, 0.05) is 13.1 Å². The van der Waals surface area contributed by atoms with Crippen molar-refractivity contribution in [1.29, 1.82) is 0 Å². The standard InChI is InChI=1S/C10H17F3N2O/c1-15(9(16)5-10(11,12)13)8-4-2-3-7(8)6-14/h7-8H,2-6,14H2,1H3. The van der Waals surface area contributed by atoms with Gasteiger partial charge in [-0.05, 0) is 25.3 Å². The van der Waals surface area contributed by atoms with Crippen molar-refractivity contribution in [3.05, 3.63) is 0 Å². The smallest absolute Gasteiger partial charge is 0.342 e. The molecule has 6 heteroatoms. The van der Waals surface area contributed by atoms with Gasteiger partial charge in [0.15, 0.2) is 0 Å². The normalized spacial score (nSPS) is 25.8. The van der Waals surface area contributed by atoms with Gasteiger partial charge >= 0.3 is 6.18 Å². The Bertz CT molecular complexity index is 255. The van der Waals surface area contributed by atoms with Crippen molar-refractivity contribution < 1.29 is 18.0 Å². The maximum atomic E-state index is 12.1. The van der Waals surface area contributed by atoms with Crippen LogP contribution in [0.15, 0.2) is 0 Å². The zero-order valence-corrected chi connectivity index (χ0v) is 9.26. The number of halogens is 3. The predicted octanol–water partition coefficient (Wildman–Crippen LogP) is 1.52. The zero-order chi connectivity index (χ0) is 12.3. The summed E-state index contributed by atoms with van der Waals surface area (Å²) in [4.78, 5) is 12.6. The van der Waals surface area contributed by atoms with E-state index in [0.29, 0.717) is 6.54 Å². The largest absolute Gasteiger partial charge is 0.397 e. The molecule has 0 saturated heterocycles. The molecule has 1 aliphatic carbocycles. The van der Waals surface area contributed by atoms with E-state index >= 15 is 0 Å². The molecule has 0 heterocycles. The molecule has 0 spiro atoms. The van der Waals surface area contributed by atoms with Crippen molar-refractivity contribution in [1.82, 2.24) is 4.90 Å². The molecule has 3 nitrogen and oxygen atoms in total. The van der Waals surface area contributed by atoms with E-state index < -0.39 is 18.5 Å². The third-order valence-electron chi connectivity index (χ3n) is 3.16. The van der Waals surface area contributed by atoms with Crippen LogP contribution in [0.5, 0.6) is 0 Å². The van der Waals surface area contributed by atoms with E-state index in [4.69, 9.17) is 5.73 Å². The second-order valence-electron chi connectivity index (χ2n) is 4.29. The van der Waals surface area contributed by atoms with Gasteiger partial charge in [-0.3, -0.25) is 4.79 Å². The van der Waals surface area contributed by atoms with Gasteiger partial charge in [0.2, 0.25) is 5.91 Å². The second kappa shape index (κ2) is 5.03. The van der Waals surface area contributed by atoms with Gasteiger partial charge < -0.3 is 10.6 Å². The van der Waals surface area contributed by atoms with Crippen LogP contribution in [0, 0.1) is 5.92 Å². The van der Waals surface area contributed by atoms with Gasteiger partial charge in [0.05, 0.1) is 0 Å². The van der Waals surface area contributed by atoms with Crippen LogP contribution in [-0.4, -0.2) is 36.6 Å². The molecule has 94 valence electrons. The number of nitrogens with zero attached hydrogens (tertiary/aromatic N) is 1. The first-order valence-corrected chi connectivity index (χ1v) is 5.37. The maximum Gasteiger partial charge on any atom is 0.397 e. The van der Waals surface area contributed by atoms with E-state index in [9.17, 15) is 18.0 Å². The number of hydrogen-bond donors (Lipinski definition) is 1. The summed E-state index contributed by atoms with van der Waals surface area (Å²) in [5.74, 6) is -0.722. The third kappa shape index (κ3) is 3.37. The summed E-state index contributed by atoms with van der Waals surface area (Å²) in [6.07, 6.45) is -3.23. The Balaban J connectivity index is 2.56. The van der Waals surface area contributed by atoms with E-state index in [1.54, 1.807) is 0 Å². The topological polar surface area (TPSA) is 46.3 Å². The number of carbonyl (C=O) groups excluding carboxylic acids is 1. The fraction of sp³-hybridized carbons (Fsp3) is 0.900. The van der Waals surface area contributed by atoms with Crippen molar-refractivity contribution >= 4 is 5.91 Å². The summed E-state index contributed by atoms with van der Waals surface area (Å²) in [6.45, 7) is 0.425. The average Bonchev–Trinajstić information content (AvgIpc) is 2.61. The molecule has 0 aliphatic heterocycles. The van der Waals surface area contributed by atoms with Crippen LogP contribution in [0.4, 0.5) is 13.2 Å². The summed E-state index contributed by atoms with van der Waals surface area (Å²) in [5.41, 5.74) is 5.53. The lowest BCUT2D eigenvalue weighted by Crippen LogP contribution is -2.42. The lowest BCUT2D eigenvalue weighted by molar-refractivity contribution is -0.162. The lowest BCUT2D eigenvalue weighted by atomic mass is 10.0. The van der Waals surface area contributed by atoms with Gasteiger partial charge in [-0.15, -0.1) is 0 Å². The van der Waals surface area contributed by atoms with Gasteiger partial charge in [-0.1, -0.05) is 6.42 Å². The van der Waals surface area contributed by atoms with Crippen LogP contribution in [0.1, 0.15) is 25.7 Å². The second-order valence-corrected chi connectivity index (χ2v) is 4.29. The highest BCUT2D eigenvalue weighted by atomic mass is 19.4. The summed E-state index contributed by atoms with van der Waals surface area (Å²) in [6, 6.07) is -0.125. The molecule has 1 aliphatic rings. The molecule has 2 atom stereocenters. The van der Waals surface area contributed by atoms with Gasteiger partial charge in [0.25, 0.3) is 0 Å². The van der Waals surface area contributed by atoms with Crippen molar-refractivity contribution in [3.8, 4) is 0 Å². The summed E-state index contributed by atoms with van der Waals surface area (Å²) >= 11 is 0. The highest BCUT2D eigenvalue weighted by Crippen LogP contribution is 2.30. The maximum absolute atomic E-state index is 12.1. The van der Waals surface area contributed by atoms with Crippen molar-refractivity contribution in [2.75, 3.05) is 13.6 Å². The quantitative estimate of drug-likeness (QED) is 0.810. The summed E-state index contributed by atoms with van der Waals surface area (Å²) < 4.78 is 36.2. The monoisotopic (exact) mass is 238 g/mol. The minimum Gasteiger partial charge on any atom is -0.342 e. The minimum absolute atomic E-state index is 0.125. The Labute approximate surface area is 92.8 Å². The molecule has 0 aromatic heterocycles. The van der Waals surface area contributed by atoms with Gasteiger partial charge in [-0.25, -0.2) is 0 Å². The van der Waals surface area contributed by atoms with E-state index in [1.165, 1.54) is 11.9 Å². The number of amides is 1. The van der Waals surface area contributed by atoms with Gasteiger partial charge in [0.1, 0.15) is 6.42 Å². The van der Waals surface area contributed by atoms with Crippen LogP contribution in [0.3, 0.4) is 0 Å². The highest BCUT2D eigenvalue weighted by Gasteiger charge is 2.37. The fourth-order valence-electron chi connectivity index (χ4n) is 2.28. The average molecular weight is 238 g/mol. The van der Waals surface area contributed by atoms with Crippen LogP contribution in [0.2, 0.25) is 0 Å². The summed E-state index contributed by atoms with van der Waals surface area (Å²) in [7, 11) is 1.44. The number of alkyl halides is 3. The minimum atomic E-state index is -4.43. The first-order chi connectivity index (χ1) is 7.35. The number of nitrogens with two attached hydrogens (primary N) is 1. The molecule has 1 rings (SSSR count). The zero-order valence-electron chi connectivity index (χ0n) is 9.26. The SMILES string of the molecule is CN(C(=O)CC(F)(F)F)C1CCCC1CN. The molecule has 1 saturated carbocycles. The Kier molecular flexibility index (Phi) is 4.18. The predicted molar refractivity (Wildman–Crippen MR) is 53.6 cm³/mol. The molecule has 1 fully saturated rings. The van der Waals surface area contributed by atoms with Crippen LogP contribution in [-0.2, 0) is 4.79 Å². The molecule has 0 aromatic carbocycles. The molecule has 2 N–H and O–H groups in total. The Morgan fingerprint density at radius 2 is 2.06 bits per heavy atom. The van der Waals surface area contributed by atoms with Crippen LogP contribution in [0.25, 0.3) is 0 Å². The lowest BCUT2D eigenvalue weighted by Gasteiger charge is -2.29. The molecule has 2 unspecified atom stereocenters. The number of hydrogen-bond acceptors (Lipinski definition) is 2. The first kappa shape index (κ1) is 13.3. The Morgan fingerprint density at radius 3 is 2.56 bits per heavy atom. The Morgan fingerprint density at radius 1 is 1.44 bits per heavy atom. The van der Waals surface area contributed by atoms with Crippen LogP contribution >= 0.6 is 0 Å². The van der Waals surface area contributed by atoms with Crippen molar-refractivity contribution in [2.45, 2.75) is 37.9 Å². The first-order valence-electron chi connectivity index (χ1n) is 5.37. The van der Waals surface area contributed by atoms with Crippen molar-refractivity contribution in [3.63, 3.8) is 0 Å². The Hall–Kier alpha value is -0.780. The molecule has 0 radical (unpaired) electrons. The fourth-order valence-corrected chi connectivity index (χ4v) is 2.28. The molecule has 0 bridgehead atoms. The molecule has 16 heavy (non-hydrogen) atoms. The van der Waals surface area contributed by atoms with Gasteiger partial charge in [-0.2, -0.15) is 13.2 Å². The van der Waals surface area contributed by atoms with Crippen LogP contribution < -0.4 is 5.73 Å². The van der Waals surface area contributed by atoms with E-state index in [0.717, 1.165) is 19.3 Å². The van der Waals surface area contributed by atoms with E-state index in [1.807, 2.05) is 0 Å². The molecule has 0 aromatic rings. The number of carbonyl (C=O) groups is 1.